The quantitative estimate of drug-likeness (QED) is 0.358. The van der Waals surface area contributed by atoms with Crippen LogP contribution in [-0.4, -0.2) is 28.9 Å². The van der Waals surface area contributed by atoms with Gasteiger partial charge in [0.25, 0.3) is 5.69 Å². The minimum Gasteiger partial charge on any atom is -0.365 e. The van der Waals surface area contributed by atoms with Crippen LogP contribution in [0.3, 0.4) is 0 Å². The highest BCUT2D eigenvalue weighted by molar-refractivity contribution is 6.31. The number of rotatable bonds is 2. The third-order valence-corrected chi connectivity index (χ3v) is 4.52. The average Bonchev–Trinajstić information content (AvgIpc) is 3.14. The van der Waals surface area contributed by atoms with E-state index in [1.807, 2.05) is 0 Å². The molecule has 0 spiro atoms. The lowest BCUT2D eigenvalue weighted by Crippen LogP contribution is -2.34. The molecule has 0 N–H and O–H groups in total. The smallest absolute Gasteiger partial charge is 0.294 e. The van der Waals surface area contributed by atoms with Gasteiger partial charge in [-0.25, -0.2) is 4.90 Å². The van der Waals surface area contributed by atoms with Crippen LogP contribution in [0.5, 0.6) is 0 Å². The predicted molar refractivity (Wildman–Crippen MR) is 75.4 cm³/mol. The van der Waals surface area contributed by atoms with Crippen LogP contribution in [0.15, 0.2) is 30.4 Å². The van der Waals surface area contributed by atoms with Gasteiger partial charge in [-0.15, -0.1) is 0 Å². The second-order valence-corrected chi connectivity index (χ2v) is 5.84. The number of anilines is 1. The van der Waals surface area contributed by atoms with Crippen molar-refractivity contribution in [1.82, 2.24) is 0 Å². The first kappa shape index (κ1) is 13.4. The average molecular weight is 321 g/mol. The van der Waals surface area contributed by atoms with Gasteiger partial charge in [0.2, 0.25) is 11.8 Å². The van der Waals surface area contributed by atoms with Gasteiger partial charge in [0.05, 0.1) is 29.0 Å². The summed E-state index contributed by atoms with van der Waals surface area (Å²) in [5, 5.41) is 11.4. The second kappa shape index (κ2) is 4.37. The van der Waals surface area contributed by atoms with Crippen molar-refractivity contribution in [1.29, 1.82) is 0 Å². The molecule has 3 aliphatic rings. The molecule has 2 bridgehead atoms. The highest BCUT2D eigenvalue weighted by Crippen LogP contribution is 2.47. The van der Waals surface area contributed by atoms with E-state index >= 15 is 0 Å². The Hall–Kier alpha value is -2.25. The zero-order valence-electron chi connectivity index (χ0n) is 11.0. The molecule has 3 aliphatic heterocycles. The van der Waals surface area contributed by atoms with Crippen LogP contribution in [0.2, 0.25) is 5.02 Å². The van der Waals surface area contributed by atoms with E-state index in [4.69, 9.17) is 16.3 Å². The minimum atomic E-state index is -0.654. The number of nitro benzene ring substituents is 1. The van der Waals surface area contributed by atoms with Gasteiger partial charge in [-0.3, -0.25) is 19.7 Å². The summed E-state index contributed by atoms with van der Waals surface area (Å²) >= 11 is 5.77. The number of benzene rings is 1. The Morgan fingerprint density at radius 1 is 1.14 bits per heavy atom. The van der Waals surface area contributed by atoms with Gasteiger partial charge in [-0.2, -0.15) is 0 Å². The van der Waals surface area contributed by atoms with E-state index in [1.54, 1.807) is 12.2 Å². The zero-order valence-corrected chi connectivity index (χ0v) is 11.8. The SMILES string of the molecule is O=C1[C@@H]2[C@H](C(=O)N1c1ccc(Cl)cc1[N+](=O)[O-])[C@H]1C=C[C@H]2O1. The van der Waals surface area contributed by atoms with Gasteiger partial charge in [0, 0.05) is 11.1 Å². The summed E-state index contributed by atoms with van der Waals surface area (Å²) in [7, 11) is 0. The molecule has 0 radical (unpaired) electrons. The number of carbonyl (C=O) groups is 2. The molecule has 112 valence electrons. The predicted octanol–water partition coefficient (Wildman–Crippen LogP) is 1.69. The molecule has 1 aromatic rings. The van der Waals surface area contributed by atoms with Crippen LogP contribution in [0, 0.1) is 22.0 Å². The molecule has 0 aliphatic carbocycles. The second-order valence-electron chi connectivity index (χ2n) is 5.40. The van der Waals surface area contributed by atoms with Crippen molar-refractivity contribution in [2.24, 2.45) is 11.8 Å². The molecule has 2 amide bonds. The van der Waals surface area contributed by atoms with Gasteiger partial charge < -0.3 is 4.74 Å². The van der Waals surface area contributed by atoms with E-state index < -0.39 is 40.8 Å². The fraction of sp³-hybridized carbons (Fsp3) is 0.286. The Labute approximate surface area is 129 Å². The monoisotopic (exact) mass is 320 g/mol. The highest BCUT2D eigenvalue weighted by Gasteiger charge is 2.61. The molecule has 0 unspecified atom stereocenters. The molecule has 7 nitrogen and oxygen atoms in total. The number of hydrogen-bond acceptors (Lipinski definition) is 5. The molecule has 8 heteroatoms. The van der Waals surface area contributed by atoms with E-state index in [0.29, 0.717) is 0 Å². The van der Waals surface area contributed by atoms with E-state index in [2.05, 4.69) is 0 Å². The molecule has 4 atom stereocenters. The van der Waals surface area contributed by atoms with Crippen LogP contribution in [0.4, 0.5) is 11.4 Å². The van der Waals surface area contributed by atoms with E-state index in [9.17, 15) is 19.7 Å². The number of imide groups is 1. The van der Waals surface area contributed by atoms with Gasteiger partial charge >= 0.3 is 0 Å². The number of nitro groups is 1. The maximum absolute atomic E-state index is 12.6. The van der Waals surface area contributed by atoms with Crippen molar-refractivity contribution in [2.75, 3.05) is 4.90 Å². The maximum Gasteiger partial charge on any atom is 0.294 e. The molecule has 0 aromatic heterocycles. The summed E-state index contributed by atoms with van der Waals surface area (Å²) in [4.78, 5) is 36.6. The minimum absolute atomic E-state index is 0.0433. The third kappa shape index (κ3) is 1.60. The van der Waals surface area contributed by atoms with E-state index in [-0.39, 0.29) is 16.4 Å². The third-order valence-electron chi connectivity index (χ3n) is 4.29. The molecular weight excluding hydrogens is 312 g/mol. The van der Waals surface area contributed by atoms with Crippen molar-refractivity contribution >= 4 is 34.8 Å². The fourth-order valence-corrected chi connectivity index (χ4v) is 3.54. The zero-order chi connectivity index (χ0) is 15.6. The van der Waals surface area contributed by atoms with Crippen LogP contribution < -0.4 is 4.90 Å². The van der Waals surface area contributed by atoms with Crippen LogP contribution in [0.1, 0.15) is 0 Å². The van der Waals surface area contributed by atoms with Crippen LogP contribution in [-0.2, 0) is 14.3 Å². The Kier molecular flexibility index (Phi) is 2.67. The number of ether oxygens (including phenoxy) is 1. The molecule has 1 aromatic carbocycles. The Morgan fingerprint density at radius 3 is 2.27 bits per heavy atom. The first-order valence-corrected chi connectivity index (χ1v) is 7.02. The lowest BCUT2D eigenvalue weighted by molar-refractivity contribution is -0.384. The molecule has 3 heterocycles. The van der Waals surface area contributed by atoms with Gasteiger partial charge in [0.15, 0.2) is 0 Å². The largest absolute Gasteiger partial charge is 0.365 e. The van der Waals surface area contributed by atoms with E-state index in [1.165, 1.54) is 12.1 Å². The molecular formula is C14H9ClN2O5. The summed E-state index contributed by atoms with van der Waals surface area (Å²) in [6.07, 6.45) is 2.67. The highest BCUT2D eigenvalue weighted by atomic mass is 35.5. The lowest BCUT2D eigenvalue weighted by atomic mass is 9.85. The normalized spacial score (nSPS) is 32.0. The number of hydrogen-bond donors (Lipinski definition) is 0. The van der Waals surface area contributed by atoms with Crippen molar-refractivity contribution in [3.63, 3.8) is 0 Å². The van der Waals surface area contributed by atoms with Crippen molar-refractivity contribution < 1.29 is 19.2 Å². The summed E-state index contributed by atoms with van der Waals surface area (Å²) in [5.41, 5.74) is -0.409. The Balaban J connectivity index is 1.81. The van der Waals surface area contributed by atoms with Crippen molar-refractivity contribution in [2.45, 2.75) is 12.2 Å². The van der Waals surface area contributed by atoms with E-state index in [0.717, 1.165) is 11.0 Å². The van der Waals surface area contributed by atoms with Gasteiger partial charge in [0.1, 0.15) is 5.69 Å². The maximum atomic E-state index is 12.6. The molecule has 4 rings (SSSR count). The molecule has 2 saturated heterocycles. The topological polar surface area (TPSA) is 89.8 Å². The molecule has 2 fully saturated rings. The van der Waals surface area contributed by atoms with Gasteiger partial charge in [-0.1, -0.05) is 23.8 Å². The van der Waals surface area contributed by atoms with Crippen molar-refractivity contribution in [3.05, 3.63) is 45.5 Å². The fourth-order valence-electron chi connectivity index (χ4n) is 3.37. The number of halogens is 1. The number of carbonyl (C=O) groups excluding carboxylic acids is 2. The Bertz CT molecular complexity index is 732. The van der Waals surface area contributed by atoms with Crippen LogP contribution >= 0.6 is 11.6 Å². The Morgan fingerprint density at radius 2 is 1.73 bits per heavy atom. The lowest BCUT2D eigenvalue weighted by Gasteiger charge is -2.17. The van der Waals surface area contributed by atoms with Gasteiger partial charge in [-0.05, 0) is 12.1 Å². The first-order valence-electron chi connectivity index (χ1n) is 6.64. The first-order chi connectivity index (χ1) is 10.5. The molecule has 0 saturated carbocycles. The molecule has 22 heavy (non-hydrogen) atoms. The number of amides is 2. The summed E-state index contributed by atoms with van der Waals surface area (Å²) in [5.74, 6) is -2.12. The standard InChI is InChI=1S/C14H9ClN2O5/c15-6-1-2-7(8(5-6)17(20)21)16-13(18)11-9-3-4-10(22-9)12(11)14(16)19/h1-5,9-12H/t9-,10-,11-,12+/m1/s1. The summed E-state index contributed by atoms with van der Waals surface area (Å²) in [6.45, 7) is 0. The van der Waals surface area contributed by atoms with Crippen LogP contribution in [0.25, 0.3) is 0 Å². The summed E-state index contributed by atoms with van der Waals surface area (Å²) in [6, 6.07) is 3.88. The number of fused-ring (bicyclic) bond motifs is 5. The van der Waals surface area contributed by atoms with Crippen molar-refractivity contribution in [3.8, 4) is 0 Å². The summed E-state index contributed by atoms with van der Waals surface area (Å²) < 4.78 is 5.53. The number of nitrogens with zero attached hydrogens (tertiary/aromatic N) is 2.